The highest BCUT2D eigenvalue weighted by Gasteiger charge is 2.61. The lowest BCUT2D eigenvalue weighted by atomic mass is 9.79. The lowest BCUT2D eigenvalue weighted by Crippen LogP contribution is -2.53. The van der Waals surface area contributed by atoms with Crippen LogP contribution in [0, 0.1) is 0 Å². The zero-order valence-electron chi connectivity index (χ0n) is 37.3. The minimum Gasteiger partial charge on any atom is -0.497 e. The van der Waals surface area contributed by atoms with Gasteiger partial charge in [0.2, 0.25) is 5.79 Å². The molecule has 1 saturated heterocycles. The molecule has 4 aromatic carbocycles. The Morgan fingerprint density at radius 1 is 0.846 bits per heavy atom. The average Bonchev–Trinajstić information content (AvgIpc) is 3.59. The number of hydrogen-bond acceptors (Lipinski definition) is 16. The summed E-state index contributed by atoms with van der Waals surface area (Å²) in [6.07, 6.45) is -3.91. The first-order valence-electron chi connectivity index (χ1n) is 21.1. The van der Waals surface area contributed by atoms with Crippen LogP contribution in [0.2, 0.25) is 0 Å². The van der Waals surface area contributed by atoms with Gasteiger partial charge in [0.25, 0.3) is 0 Å². The van der Waals surface area contributed by atoms with Crippen LogP contribution in [0.3, 0.4) is 0 Å². The van der Waals surface area contributed by atoms with Gasteiger partial charge in [0.15, 0.2) is 12.3 Å². The molecule has 5 atom stereocenters. The molecule has 0 spiro atoms. The molecule has 0 saturated carbocycles. The number of methoxy groups -OCH3 is 2. The van der Waals surface area contributed by atoms with E-state index in [-0.39, 0.29) is 18.0 Å². The molecule has 1 unspecified atom stereocenters. The SMILES string of the molecule is CCN(CC)CC.CCOC(=O)CO[C@H]1[C@H](n2ccc(N)nc2=O)O[C@H](COC(c2ccccc2)(c2cccc(OC)c2)c2cccc(OC)c2)[C@@]1(O)O[PH](=O)OC(=O)c1ccccc1. The van der Waals surface area contributed by atoms with Crippen molar-refractivity contribution in [2.24, 2.45) is 0 Å². The highest BCUT2D eigenvalue weighted by molar-refractivity contribution is 7.34. The summed E-state index contributed by atoms with van der Waals surface area (Å²) < 4.78 is 61.1. The van der Waals surface area contributed by atoms with Crippen LogP contribution >= 0.6 is 8.25 Å². The summed E-state index contributed by atoms with van der Waals surface area (Å²) in [5.41, 5.74) is 5.16. The fraction of sp³-hybridized carbons (Fsp3) is 0.362. The Bertz CT molecular complexity index is 2330. The minimum atomic E-state index is -3.97. The van der Waals surface area contributed by atoms with E-state index in [1.807, 2.05) is 42.5 Å². The molecule has 1 fully saturated rings. The van der Waals surface area contributed by atoms with E-state index in [0.29, 0.717) is 28.2 Å². The van der Waals surface area contributed by atoms with Crippen LogP contribution in [-0.4, -0.2) is 103 Å². The number of esters is 1. The van der Waals surface area contributed by atoms with Crippen molar-refractivity contribution in [1.29, 1.82) is 0 Å². The summed E-state index contributed by atoms with van der Waals surface area (Å²) in [5, 5.41) is 12.7. The molecular formula is C47H57N4O13P. The lowest BCUT2D eigenvalue weighted by Gasteiger charge is -2.38. The topological polar surface area (TPSA) is 209 Å². The predicted molar refractivity (Wildman–Crippen MR) is 242 cm³/mol. The Kier molecular flexibility index (Phi) is 18.4. The van der Waals surface area contributed by atoms with Crippen LogP contribution in [0.5, 0.6) is 11.5 Å². The normalized spacial score (nSPS) is 18.6. The number of aliphatic hydroxyl groups is 1. The molecule has 1 aliphatic heterocycles. The number of rotatable bonds is 20. The highest BCUT2D eigenvalue weighted by Crippen LogP contribution is 2.48. The standard InChI is InChI=1S/C41H42N3O13P.C6H15N/c1-4-52-35(45)26-53-36-37(44-22-21-34(42)43-39(44)47)55-33(41(36,48)57-58(49)56-38(46)27-13-7-5-8-14-27)25-54-40(28-15-9-6-10-16-28,29-17-11-19-31(23-29)50-2)30-18-12-20-32(24-30)51-3;1-4-7(5-2)6-3/h5-24,33,36-37,48,58H,4,25-26H2,1-3H3,(H2,42,43,47);4-6H2,1-3H3/t33-,36+,37-,41-;/m1./s1. The van der Waals surface area contributed by atoms with Gasteiger partial charge in [0.05, 0.1) is 33.0 Å². The number of hydrogen-bond donors (Lipinski definition) is 2. The van der Waals surface area contributed by atoms with Crippen molar-refractivity contribution in [2.75, 3.05) is 59.4 Å². The van der Waals surface area contributed by atoms with E-state index in [1.165, 1.54) is 58.2 Å². The number of aromatic nitrogens is 2. The van der Waals surface area contributed by atoms with E-state index in [0.717, 1.165) is 4.57 Å². The van der Waals surface area contributed by atoms with Crippen LogP contribution in [0.25, 0.3) is 0 Å². The molecule has 6 rings (SSSR count). The van der Waals surface area contributed by atoms with Gasteiger partial charge < -0.3 is 48.7 Å². The number of nitrogen functional groups attached to an aromatic ring is 1. The Balaban J connectivity index is 0.00000105. The first-order chi connectivity index (χ1) is 31.4. The van der Waals surface area contributed by atoms with Gasteiger partial charge in [-0.05, 0) is 85.7 Å². The van der Waals surface area contributed by atoms with Gasteiger partial charge in [-0.2, -0.15) is 4.98 Å². The van der Waals surface area contributed by atoms with E-state index >= 15 is 0 Å². The molecule has 18 heteroatoms. The molecule has 0 aliphatic carbocycles. The number of nitrogens with zero attached hydrogens (tertiary/aromatic N) is 3. The van der Waals surface area contributed by atoms with Gasteiger partial charge in [-0.15, -0.1) is 0 Å². The fourth-order valence-corrected chi connectivity index (χ4v) is 8.07. The maximum atomic E-state index is 13.7. The van der Waals surface area contributed by atoms with Crippen molar-refractivity contribution < 1.29 is 56.7 Å². The smallest absolute Gasteiger partial charge is 0.372 e. The molecule has 348 valence electrons. The zero-order chi connectivity index (χ0) is 47.0. The summed E-state index contributed by atoms with van der Waals surface area (Å²) in [5.74, 6) is -3.83. The summed E-state index contributed by atoms with van der Waals surface area (Å²) in [6, 6.07) is 32.4. The summed E-state index contributed by atoms with van der Waals surface area (Å²) >= 11 is 0. The third-order valence-electron chi connectivity index (χ3n) is 10.6. The van der Waals surface area contributed by atoms with Crippen molar-refractivity contribution in [3.8, 4) is 11.5 Å². The maximum absolute atomic E-state index is 13.7. The minimum absolute atomic E-state index is 0.00458. The molecule has 0 radical (unpaired) electrons. The van der Waals surface area contributed by atoms with Gasteiger partial charge in [-0.25, -0.2) is 18.9 Å². The van der Waals surface area contributed by atoms with Gasteiger partial charge in [-0.1, -0.05) is 93.6 Å². The van der Waals surface area contributed by atoms with Gasteiger partial charge in [-0.3, -0.25) is 9.09 Å². The number of ether oxygens (including phenoxy) is 6. The van der Waals surface area contributed by atoms with Gasteiger partial charge in [0, 0.05) is 6.20 Å². The predicted octanol–water partition coefficient (Wildman–Crippen LogP) is 6.00. The van der Waals surface area contributed by atoms with Crippen LogP contribution < -0.4 is 20.9 Å². The van der Waals surface area contributed by atoms with Crippen molar-refractivity contribution >= 4 is 26.0 Å². The number of carbonyl (C=O) groups excluding carboxylic acids is 2. The molecule has 2 heterocycles. The van der Waals surface area contributed by atoms with Crippen molar-refractivity contribution in [3.63, 3.8) is 0 Å². The second kappa shape index (κ2) is 23.9. The Labute approximate surface area is 378 Å². The van der Waals surface area contributed by atoms with Crippen molar-refractivity contribution in [2.45, 2.75) is 57.5 Å². The number of nitrogens with two attached hydrogens (primary N) is 1. The molecule has 0 bridgehead atoms. The monoisotopic (exact) mass is 916 g/mol. The molecular weight excluding hydrogens is 860 g/mol. The lowest BCUT2D eigenvalue weighted by molar-refractivity contribution is -0.234. The van der Waals surface area contributed by atoms with E-state index in [4.69, 9.17) is 43.2 Å². The quantitative estimate of drug-likeness (QED) is 0.0397. The van der Waals surface area contributed by atoms with Crippen LogP contribution in [-0.2, 0) is 43.0 Å². The fourth-order valence-electron chi connectivity index (χ4n) is 7.24. The molecule has 17 nitrogen and oxygen atoms in total. The average molecular weight is 917 g/mol. The second-order valence-corrected chi connectivity index (χ2v) is 15.3. The molecule has 65 heavy (non-hydrogen) atoms. The van der Waals surface area contributed by atoms with Gasteiger partial charge in [0.1, 0.15) is 35.6 Å². The Morgan fingerprint density at radius 2 is 1.42 bits per heavy atom. The Morgan fingerprint density at radius 3 is 1.94 bits per heavy atom. The third-order valence-corrected chi connectivity index (χ3v) is 11.4. The van der Waals surface area contributed by atoms with E-state index in [9.17, 15) is 24.1 Å². The molecule has 0 amide bonds. The van der Waals surface area contributed by atoms with Gasteiger partial charge >= 0.3 is 25.9 Å². The molecule has 1 aromatic heterocycles. The second-order valence-electron chi connectivity index (χ2n) is 14.4. The van der Waals surface area contributed by atoms with E-state index in [2.05, 4.69) is 30.7 Å². The summed E-state index contributed by atoms with van der Waals surface area (Å²) in [6.45, 7) is 10.4. The molecule has 3 N–H and O–H groups in total. The largest absolute Gasteiger partial charge is 0.497 e. The number of benzene rings is 4. The van der Waals surface area contributed by atoms with Crippen molar-refractivity contribution in [3.05, 3.63) is 154 Å². The first-order valence-corrected chi connectivity index (χ1v) is 22.3. The zero-order valence-corrected chi connectivity index (χ0v) is 38.3. The van der Waals surface area contributed by atoms with E-state index < -0.39 is 68.9 Å². The molecule has 1 aliphatic rings. The summed E-state index contributed by atoms with van der Waals surface area (Å²) in [7, 11) is -0.924. The third kappa shape index (κ3) is 12.3. The number of anilines is 1. The maximum Gasteiger partial charge on any atom is 0.372 e. The molecule has 5 aromatic rings. The van der Waals surface area contributed by atoms with Crippen LogP contribution in [0.4, 0.5) is 5.82 Å². The van der Waals surface area contributed by atoms with E-state index in [1.54, 1.807) is 61.5 Å². The van der Waals surface area contributed by atoms with Crippen LogP contribution in [0.1, 0.15) is 61.0 Å². The first kappa shape index (κ1) is 50.1. The number of carbonyl (C=O) groups is 2. The highest BCUT2D eigenvalue weighted by atomic mass is 31.1. The Hall–Kier alpha value is -5.91. The van der Waals surface area contributed by atoms with Crippen molar-refractivity contribution in [1.82, 2.24) is 14.5 Å². The van der Waals surface area contributed by atoms with Crippen LogP contribution in [0.15, 0.2) is 126 Å². The summed E-state index contributed by atoms with van der Waals surface area (Å²) in [4.78, 5) is 45.1.